The third kappa shape index (κ3) is 3.61. The molecule has 0 atom stereocenters. The highest BCUT2D eigenvalue weighted by Crippen LogP contribution is 2.45. The monoisotopic (exact) mass is 508 g/mol. The van der Waals surface area contributed by atoms with Crippen LogP contribution in [0.5, 0.6) is 0 Å². The number of benzene rings is 8. The van der Waals surface area contributed by atoms with Crippen LogP contribution in [0, 0.1) is 0 Å². The van der Waals surface area contributed by atoms with Crippen molar-refractivity contribution in [3.05, 3.63) is 158 Å². The summed E-state index contributed by atoms with van der Waals surface area (Å²) in [6, 6.07) is 51.6. The van der Waals surface area contributed by atoms with E-state index in [-0.39, 0.29) is 0 Å². The number of hydrogen-bond donors (Lipinski definition) is 0. The first-order valence-corrected chi connectivity index (χ1v) is 13.7. The van der Waals surface area contributed by atoms with E-state index in [1.54, 1.807) is 0 Å². The van der Waals surface area contributed by atoms with Gasteiger partial charge in [-0.25, -0.2) is 0 Å². The van der Waals surface area contributed by atoms with E-state index in [2.05, 4.69) is 115 Å². The molecular formula is C40H26. The second kappa shape index (κ2) is 9.22. The van der Waals surface area contributed by atoms with Gasteiger partial charge in [0.25, 0.3) is 0 Å². The topological polar surface area (TPSA) is 0 Å². The molecule has 40 heavy (non-hydrogen) atoms. The third-order valence-corrected chi connectivity index (χ3v) is 8.10. The van der Waals surface area contributed by atoms with Gasteiger partial charge in [-0.1, -0.05) is 146 Å². The van der Waals surface area contributed by atoms with Gasteiger partial charge in [0.2, 0.25) is 0 Å². The van der Waals surface area contributed by atoms with Crippen LogP contribution in [0.15, 0.2) is 158 Å². The lowest BCUT2D eigenvalue weighted by Gasteiger charge is -2.19. The third-order valence-electron chi connectivity index (χ3n) is 8.10. The summed E-state index contributed by atoms with van der Waals surface area (Å²) >= 11 is 0. The van der Waals surface area contributed by atoms with Crippen molar-refractivity contribution >= 4 is 43.1 Å². The Hall–Kier alpha value is -5.20. The Morgan fingerprint density at radius 1 is 0.325 bits per heavy atom. The van der Waals surface area contributed by atoms with Crippen molar-refractivity contribution in [2.75, 3.05) is 0 Å². The van der Waals surface area contributed by atoms with E-state index in [9.17, 15) is 0 Å². The molecule has 0 N–H and O–H groups in total. The molecule has 8 rings (SSSR count). The first kappa shape index (κ1) is 20.7. The summed E-state index contributed by atoms with van der Waals surface area (Å²) in [7, 11) is 0. The Labute approximate surface area is 236 Å². The molecule has 0 nitrogen and oxygen atoms in total. The maximum absolute atomic E-state index is 8.59. The zero-order valence-corrected chi connectivity index (χ0v) is 21.9. The normalized spacial score (nSPS) is 12.2. The summed E-state index contributed by atoms with van der Waals surface area (Å²) in [5.41, 5.74) is 6.88. The molecule has 0 aliphatic heterocycles. The molecule has 0 heteroatoms. The molecule has 0 aliphatic carbocycles. The Bertz CT molecular complexity index is 2310. The van der Waals surface area contributed by atoms with Gasteiger partial charge in [0.1, 0.15) is 0 Å². The minimum atomic E-state index is 0.484. The Kier molecular flexibility index (Phi) is 4.78. The standard InChI is InChI=1S/C40H26/c1-2-11-27(12-3-1)29-21-22-31-26-32(24-23-30(31)25-29)39-35-16-6-8-18-37(35)40(38-19-9-7-17-36(38)39)34-20-10-14-28-13-4-5-15-33(28)34/h1-26H/i6D,9D. The van der Waals surface area contributed by atoms with Gasteiger partial charge in [-0.3, -0.25) is 0 Å². The molecule has 0 radical (unpaired) electrons. The van der Waals surface area contributed by atoms with E-state index in [0.29, 0.717) is 12.1 Å². The van der Waals surface area contributed by atoms with Crippen LogP contribution in [0.2, 0.25) is 0 Å². The molecule has 0 aromatic heterocycles. The fourth-order valence-corrected chi connectivity index (χ4v) is 6.26. The summed E-state index contributed by atoms with van der Waals surface area (Å²) in [6.45, 7) is 0. The summed E-state index contributed by atoms with van der Waals surface area (Å²) in [6.07, 6.45) is 0. The molecule has 8 aromatic rings. The van der Waals surface area contributed by atoms with E-state index in [1.807, 2.05) is 30.3 Å². The van der Waals surface area contributed by atoms with E-state index in [0.717, 1.165) is 43.8 Å². The first-order valence-electron chi connectivity index (χ1n) is 14.7. The van der Waals surface area contributed by atoms with Crippen LogP contribution >= 0.6 is 0 Å². The molecular weight excluding hydrogens is 480 g/mol. The van der Waals surface area contributed by atoms with E-state index >= 15 is 0 Å². The van der Waals surface area contributed by atoms with Crippen LogP contribution in [0.4, 0.5) is 0 Å². The average Bonchev–Trinajstić information content (AvgIpc) is 3.03. The van der Waals surface area contributed by atoms with Gasteiger partial charge in [-0.05, 0) is 88.6 Å². The smallest absolute Gasteiger partial charge is 0.0622 e. The second-order valence-electron chi connectivity index (χ2n) is 10.4. The van der Waals surface area contributed by atoms with Crippen molar-refractivity contribution in [3.63, 3.8) is 0 Å². The lowest BCUT2D eigenvalue weighted by Crippen LogP contribution is -1.91. The highest BCUT2D eigenvalue weighted by Gasteiger charge is 2.18. The largest absolute Gasteiger partial charge is 0.0623 e. The van der Waals surface area contributed by atoms with Gasteiger partial charge >= 0.3 is 0 Å². The van der Waals surface area contributed by atoms with Gasteiger partial charge in [0.05, 0.1) is 2.74 Å². The Morgan fingerprint density at radius 3 is 1.70 bits per heavy atom. The summed E-state index contributed by atoms with van der Waals surface area (Å²) < 4.78 is 17.2. The first-order chi connectivity index (χ1) is 20.6. The molecule has 0 spiro atoms. The average molecular weight is 509 g/mol. The maximum Gasteiger partial charge on any atom is 0.0623 e. The molecule has 0 fully saturated rings. The highest BCUT2D eigenvalue weighted by atomic mass is 14.2. The predicted molar refractivity (Wildman–Crippen MR) is 173 cm³/mol. The van der Waals surface area contributed by atoms with E-state index < -0.39 is 0 Å². The molecule has 186 valence electrons. The van der Waals surface area contributed by atoms with Crippen LogP contribution in [-0.2, 0) is 0 Å². The Morgan fingerprint density at radius 2 is 0.900 bits per heavy atom. The van der Waals surface area contributed by atoms with Crippen LogP contribution in [0.3, 0.4) is 0 Å². The fraction of sp³-hybridized carbons (Fsp3) is 0. The van der Waals surface area contributed by atoms with Gasteiger partial charge in [0.15, 0.2) is 0 Å². The number of fused-ring (bicyclic) bond motifs is 4. The summed E-state index contributed by atoms with van der Waals surface area (Å²) in [5.74, 6) is 0. The van der Waals surface area contributed by atoms with Crippen LogP contribution in [0.1, 0.15) is 2.74 Å². The molecule has 0 bridgehead atoms. The zero-order chi connectivity index (χ0) is 28.2. The zero-order valence-electron chi connectivity index (χ0n) is 23.9. The van der Waals surface area contributed by atoms with E-state index in [4.69, 9.17) is 2.74 Å². The lowest BCUT2D eigenvalue weighted by atomic mass is 9.84. The van der Waals surface area contributed by atoms with Crippen molar-refractivity contribution in [3.8, 4) is 33.4 Å². The van der Waals surface area contributed by atoms with Crippen molar-refractivity contribution in [1.29, 1.82) is 0 Å². The molecule has 0 saturated heterocycles. The van der Waals surface area contributed by atoms with Gasteiger partial charge < -0.3 is 0 Å². The molecule has 0 heterocycles. The van der Waals surface area contributed by atoms with Crippen LogP contribution in [-0.4, -0.2) is 0 Å². The quantitative estimate of drug-likeness (QED) is 0.208. The van der Waals surface area contributed by atoms with Gasteiger partial charge in [-0.15, -0.1) is 0 Å². The predicted octanol–water partition coefficient (Wildman–Crippen LogP) is 11.3. The number of rotatable bonds is 3. The SMILES string of the molecule is [2H]c1ccc2c(-c3cccc4ccccc34)c3cc([2H])ccc3c(-c3ccc4cc(-c5ccccc5)ccc4c3)c2c1. The molecule has 0 amide bonds. The molecule has 0 saturated carbocycles. The highest BCUT2D eigenvalue weighted by molar-refractivity contribution is 6.23. The van der Waals surface area contributed by atoms with Crippen molar-refractivity contribution in [1.82, 2.24) is 0 Å². The molecule has 0 aliphatic rings. The van der Waals surface area contributed by atoms with Crippen molar-refractivity contribution in [2.24, 2.45) is 0 Å². The van der Waals surface area contributed by atoms with Crippen molar-refractivity contribution in [2.45, 2.75) is 0 Å². The summed E-state index contributed by atoms with van der Waals surface area (Å²) in [4.78, 5) is 0. The van der Waals surface area contributed by atoms with E-state index in [1.165, 1.54) is 32.7 Å². The maximum atomic E-state index is 8.59. The van der Waals surface area contributed by atoms with Crippen molar-refractivity contribution < 1.29 is 2.74 Å². The lowest BCUT2D eigenvalue weighted by molar-refractivity contribution is 1.64. The Balaban J connectivity index is 1.44. The minimum absolute atomic E-state index is 0.484. The van der Waals surface area contributed by atoms with Gasteiger partial charge in [-0.2, -0.15) is 0 Å². The summed E-state index contributed by atoms with van der Waals surface area (Å²) in [5, 5.41) is 9.02. The molecule has 8 aromatic carbocycles. The van der Waals surface area contributed by atoms with Gasteiger partial charge in [0, 0.05) is 0 Å². The minimum Gasteiger partial charge on any atom is -0.0622 e. The fourth-order valence-electron chi connectivity index (χ4n) is 6.26. The second-order valence-corrected chi connectivity index (χ2v) is 10.4. The number of hydrogen-bond acceptors (Lipinski definition) is 0. The van der Waals surface area contributed by atoms with Crippen LogP contribution < -0.4 is 0 Å². The molecule has 0 unspecified atom stereocenters. The van der Waals surface area contributed by atoms with Crippen LogP contribution in [0.25, 0.3) is 76.5 Å².